The van der Waals surface area contributed by atoms with Crippen LogP contribution in [-0.4, -0.2) is 23.2 Å². The van der Waals surface area contributed by atoms with E-state index in [0.29, 0.717) is 23.1 Å². The van der Waals surface area contributed by atoms with Crippen LogP contribution in [0.1, 0.15) is 12.1 Å². The zero-order valence-corrected chi connectivity index (χ0v) is 9.71. The van der Waals surface area contributed by atoms with Gasteiger partial charge >= 0.3 is 0 Å². The summed E-state index contributed by atoms with van der Waals surface area (Å²) in [6, 6.07) is 1.66. The van der Waals surface area contributed by atoms with Crippen molar-refractivity contribution in [1.82, 2.24) is 10.1 Å². The van der Waals surface area contributed by atoms with E-state index in [2.05, 4.69) is 15.5 Å². The molecule has 5 nitrogen and oxygen atoms in total. The molecule has 0 amide bonds. The molecule has 2 aromatic rings. The second kappa shape index (κ2) is 4.67. The fourth-order valence-electron chi connectivity index (χ4n) is 1.51. The minimum Gasteiger partial charge on any atom is -0.369 e. The Kier molecular flexibility index (Phi) is 3.26. The molecule has 0 spiro atoms. The van der Waals surface area contributed by atoms with Gasteiger partial charge in [0, 0.05) is 12.6 Å². The summed E-state index contributed by atoms with van der Waals surface area (Å²) in [5.74, 6) is 0.703. The molecule has 0 aliphatic carbocycles. The molecule has 0 aromatic carbocycles. The molecule has 2 heterocycles. The highest BCUT2D eigenvalue weighted by atomic mass is 35.5. The fourth-order valence-corrected chi connectivity index (χ4v) is 1.70. The fraction of sp³-hybridized carbons (Fsp3) is 0.400. The largest absolute Gasteiger partial charge is 0.369 e. The smallest absolute Gasteiger partial charge is 0.173 e. The van der Waals surface area contributed by atoms with Crippen molar-refractivity contribution in [2.45, 2.75) is 13.3 Å². The Morgan fingerprint density at radius 2 is 2.38 bits per heavy atom. The lowest BCUT2D eigenvalue weighted by molar-refractivity contribution is 0.450. The lowest BCUT2D eigenvalue weighted by Gasteiger charge is -2.05. The second-order valence-corrected chi connectivity index (χ2v) is 3.89. The summed E-state index contributed by atoms with van der Waals surface area (Å²) in [5, 5.41) is 8.33. The number of nitrogens with one attached hydrogen (secondary N) is 1. The topological polar surface area (TPSA) is 77.0 Å². The molecule has 0 aliphatic heterocycles. The lowest BCUT2D eigenvalue weighted by atomic mass is 10.2. The van der Waals surface area contributed by atoms with Gasteiger partial charge in [0.25, 0.3) is 0 Å². The number of pyridine rings is 1. The van der Waals surface area contributed by atoms with E-state index in [1.807, 2.05) is 6.92 Å². The van der Waals surface area contributed by atoms with E-state index in [-0.39, 0.29) is 0 Å². The minimum atomic E-state index is 0.388. The maximum Gasteiger partial charge on any atom is 0.173 e. The van der Waals surface area contributed by atoms with E-state index in [4.69, 9.17) is 21.9 Å². The van der Waals surface area contributed by atoms with Crippen LogP contribution in [0.25, 0.3) is 11.0 Å². The summed E-state index contributed by atoms with van der Waals surface area (Å²) in [6.07, 6.45) is 0.875. The number of nitrogens with zero attached hydrogens (tertiary/aromatic N) is 2. The summed E-state index contributed by atoms with van der Waals surface area (Å²) in [6.45, 7) is 3.26. The number of rotatable bonds is 4. The van der Waals surface area contributed by atoms with Gasteiger partial charge in [-0.1, -0.05) is 16.8 Å². The molecular weight excluding hydrogens is 228 g/mol. The Morgan fingerprint density at radius 3 is 3.12 bits per heavy atom. The molecule has 0 saturated carbocycles. The molecule has 86 valence electrons. The number of aryl methyl sites for hydroxylation is 1. The van der Waals surface area contributed by atoms with Crippen molar-refractivity contribution < 1.29 is 4.52 Å². The van der Waals surface area contributed by atoms with Gasteiger partial charge in [-0.2, -0.15) is 0 Å². The van der Waals surface area contributed by atoms with Crippen LogP contribution < -0.4 is 11.1 Å². The van der Waals surface area contributed by atoms with Gasteiger partial charge in [0.1, 0.15) is 11.0 Å². The molecule has 0 bridgehead atoms. The predicted octanol–water partition coefficient (Wildman–Crippen LogP) is 1.95. The molecule has 0 unspecified atom stereocenters. The Hall–Kier alpha value is -1.33. The van der Waals surface area contributed by atoms with Gasteiger partial charge in [0.05, 0.1) is 11.1 Å². The summed E-state index contributed by atoms with van der Waals surface area (Å²) in [7, 11) is 0. The number of halogens is 1. The van der Waals surface area contributed by atoms with Gasteiger partial charge < -0.3 is 15.6 Å². The zero-order chi connectivity index (χ0) is 11.5. The Morgan fingerprint density at radius 1 is 1.56 bits per heavy atom. The van der Waals surface area contributed by atoms with Crippen LogP contribution >= 0.6 is 11.6 Å². The van der Waals surface area contributed by atoms with E-state index in [1.165, 1.54) is 0 Å². The number of hydrogen-bond donors (Lipinski definition) is 2. The molecule has 0 aliphatic rings. The molecule has 0 atom stereocenters. The van der Waals surface area contributed by atoms with Crippen molar-refractivity contribution in [2.75, 3.05) is 18.4 Å². The number of aromatic nitrogens is 2. The molecule has 3 N–H and O–H groups in total. The predicted molar refractivity (Wildman–Crippen MR) is 63.7 cm³/mol. The molecule has 6 heteroatoms. The first kappa shape index (κ1) is 11.2. The van der Waals surface area contributed by atoms with Crippen LogP contribution in [0, 0.1) is 6.92 Å². The summed E-state index contributed by atoms with van der Waals surface area (Å²) >= 11 is 5.88. The highest BCUT2D eigenvalue weighted by Gasteiger charge is 2.12. The molecule has 0 radical (unpaired) electrons. The van der Waals surface area contributed by atoms with Gasteiger partial charge in [-0.05, 0) is 19.9 Å². The average molecular weight is 241 g/mol. The van der Waals surface area contributed by atoms with Gasteiger partial charge in [-0.15, -0.1) is 0 Å². The van der Waals surface area contributed by atoms with Crippen molar-refractivity contribution in [1.29, 1.82) is 0 Å². The Bertz CT molecular complexity index is 497. The second-order valence-electron chi connectivity index (χ2n) is 3.50. The molecule has 0 saturated heterocycles. The maximum atomic E-state index is 5.88. The molecule has 2 aromatic heterocycles. The SMILES string of the molecule is Cc1noc2cc(Cl)nc(NCCCN)c12. The van der Waals surface area contributed by atoms with Gasteiger partial charge in [0.2, 0.25) is 0 Å². The van der Waals surface area contributed by atoms with E-state index in [9.17, 15) is 0 Å². The van der Waals surface area contributed by atoms with Crippen molar-refractivity contribution >= 4 is 28.4 Å². The van der Waals surface area contributed by atoms with Crippen LogP contribution in [0.3, 0.4) is 0 Å². The summed E-state index contributed by atoms with van der Waals surface area (Å²) < 4.78 is 5.14. The van der Waals surface area contributed by atoms with E-state index in [1.54, 1.807) is 6.07 Å². The quantitative estimate of drug-likeness (QED) is 0.631. The maximum absolute atomic E-state index is 5.88. The number of anilines is 1. The minimum absolute atomic E-state index is 0.388. The van der Waals surface area contributed by atoms with E-state index < -0.39 is 0 Å². The van der Waals surface area contributed by atoms with Crippen molar-refractivity contribution in [3.05, 3.63) is 16.9 Å². The highest BCUT2D eigenvalue weighted by Crippen LogP contribution is 2.27. The molecule has 0 fully saturated rings. The van der Waals surface area contributed by atoms with Crippen LogP contribution in [0.4, 0.5) is 5.82 Å². The van der Waals surface area contributed by atoms with Crippen molar-refractivity contribution in [3.8, 4) is 0 Å². The molecule has 16 heavy (non-hydrogen) atoms. The Labute approximate surface area is 98.0 Å². The Balaban J connectivity index is 2.37. The summed E-state index contributed by atoms with van der Waals surface area (Å²) in [5.41, 5.74) is 6.87. The number of fused-ring (bicyclic) bond motifs is 1. The third-order valence-corrected chi connectivity index (χ3v) is 2.46. The highest BCUT2D eigenvalue weighted by molar-refractivity contribution is 6.30. The average Bonchev–Trinajstić information content (AvgIpc) is 2.60. The van der Waals surface area contributed by atoms with Crippen LogP contribution in [0.5, 0.6) is 0 Å². The first-order valence-corrected chi connectivity index (χ1v) is 5.46. The zero-order valence-electron chi connectivity index (χ0n) is 8.96. The standard InChI is InChI=1S/C10H13ClN4O/c1-6-9-7(16-15-6)5-8(11)14-10(9)13-4-2-3-12/h5H,2-4,12H2,1H3,(H,13,14). The number of nitrogens with two attached hydrogens (primary N) is 1. The van der Waals surface area contributed by atoms with Crippen molar-refractivity contribution in [2.24, 2.45) is 5.73 Å². The first-order valence-electron chi connectivity index (χ1n) is 5.09. The molecule has 2 rings (SSSR count). The van der Waals surface area contributed by atoms with Gasteiger partial charge in [-0.3, -0.25) is 0 Å². The lowest BCUT2D eigenvalue weighted by Crippen LogP contribution is -2.09. The summed E-state index contributed by atoms with van der Waals surface area (Å²) in [4.78, 5) is 4.22. The van der Waals surface area contributed by atoms with Crippen molar-refractivity contribution in [3.63, 3.8) is 0 Å². The first-order chi connectivity index (χ1) is 7.72. The number of hydrogen-bond acceptors (Lipinski definition) is 5. The van der Waals surface area contributed by atoms with Crippen LogP contribution in [0.2, 0.25) is 5.15 Å². The van der Waals surface area contributed by atoms with E-state index >= 15 is 0 Å². The van der Waals surface area contributed by atoms with Crippen LogP contribution in [-0.2, 0) is 0 Å². The van der Waals surface area contributed by atoms with E-state index in [0.717, 1.165) is 24.0 Å². The molecular formula is C10H13ClN4O. The third kappa shape index (κ3) is 2.10. The monoisotopic (exact) mass is 240 g/mol. The van der Waals surface area contributed by atoms with Gasteiger partial charge in [0.15, 0.2) is 5.58 Å². The van der Waals surface area contributed by atoms with Gasteiger partial charge in [-0.25, -0.2) is 4.98 Å². The third-order valence-electron chi connectivity index (χ3n) is 2.27. The van der Waals surface area contributed by atoms with Crippen LogP contribution in [0.15, 0.2) is 10.6 Å². The normalized spacial score (nSPS) is 10.9.